The number of rotatable bonds is 2. The molecule has 2 aromatic heterocycles. The van der Waals surface area contributed by atoms with Crippen molar-refractivity contribution in [1.82, 2.24) is 9.97 Å². The van der Waals surface area contributed by atoms with E-state index in [2.05, 4.69) is 9.97 Å². The van der Waals surface area contributed by atoms with Crippen LogP contribution in [-0.4, -0.2) is 21.0 Å². The van der Waals surface area contributed by atoms with Crippen LogP contribution in [0.2, 0.25) is 0 Å². The lowest BCUT2D eigenvalue weighted by atomic mass is 10.1. The van der Waals surface area contributed by atoms with E-state index in [0.29, 0.717) is 11.6 Å². The van der Waals surface area contributed by atoms with E-state index in [9.17, 15) is 4.79 Å². The molecule has 3 rings (SSSR count). The van der Waals surface area contributed by atoms with Gasteiger partial charge in [-0.1, -0.05) is 18.2 Å². The number of hydrogen-bond acceptors (Lipinski definition) is 3. The van der Waals surface area contributed by atoms with E-state index in [4.69, 9.17) is 9.52 Å². The number of para-hydroxylation sites is 1. The Balaban J connectivity index is 2.32. The van der Waals surface area contributed by atoms with Gasteiger partial charge in [0.05, 0.1) is 5.52 Å². The number of aromatic carboxylic acids is 1. The van der Waals surface area contributed by atoms with E-state index in [1.807, 2.05) is 30.5 Å². The van der Waals surface area contributed by atoms with E-state index < -0.39 is 5.97 Å². The van der Waals surface area contributed by atoms with Crippen LogP contribution in [0, 0.1) is 6.92 Å². The number of aromatic nitrogens is 2. The standard InChI is InChI=1S/C13H10N2O3/c1-7-15-11(12(18-7)13(16)17)9-4-2-3-8-5-6-14-10(8)9/h2-6,14H,1H3,(H,16,17). The third-order valence-electron chi connectivity index (χ3n) is 2.77. The van der Waals surface area contributed by atoms with Gasteiger partial charge in [-0.2, -0.15) is 0 Å². The van der Waals surface area contributed by atoms with Gasteiger partial charge in [-0.05, 0) is 6.07 Å². The predicted molar refractivity (Wildman–Crippen MR) is 65.5 cm³/mol. The molecule has 0 fully saturated rings. The molecule has 1 aromatic carbocycles. The van der Waals surface area contributed by atoms with Crippen molar-refractivity contribution in [2.75, 3.05) is 0 Å². The van der Waals surface area contributed by atoms with Crippen molar-refractivity contribution >= 4 is 16.9 Å². The molecule has 5 nitrogen and oxygen atoms in total. The fourth-order valence-corrected chi connectivity index (χ4v) is 2.04. The Kier molecular flexibility index (Phi) is 2.19. The first-order valence-corrected chi connectivity index (χ1v) is 5.44. The highest BCUT2D eigenvalue weighted by Gasteiger charge is 2.21. The Morgan fingerprint density at radius 2 is 2.22 bits per heavy atom. The van der Waals surface area contributed by atoms with Crippen molar-refractivity contribution in [3.8, 4) is 11.3 Å². The molecule has 0 radical (unpaired) electrons. The van der Waals surface area contributed by atoms with Crippen LogP contribution in [0.3, 0.4) is 0 Å². The normalized spacial score (nSPS) is 10.9. The molecule has 0 amide bonds. The quantitative estimate of drug-likeness (QED) is 0.724. The molecule has 0 saturated carbocycles. The van der Waals surface area contributed by atoms with Crippen molar-refractivity contribution in [1.29, 1.82) is 0 Å². The Bertz CT molecular complexity index is 740. The Morgan fingerprint density at radius 3 is 3.00 bits per heavy atom. The Hall–Kier alpha value is -2.56. The third-order valence-corrected chi connectivity index (χ3v) is 2.77. The van der Waals surface area contributed by atoms with E-state index in [1.165, 1.54) is 0 Å². The minimum Gasteiger partial charge on any atom is -0.475 e. The Labute approximate surface area is 102 Å². The van der Waals surface area contributed by atoms with E-state index in [0.717, 1.165) is 16.5 Å². The average molecular weight is 242 g/mol. The summed E-state index contributed by atoms with van der Waals surface area (Å²) in [6, 6.07) is 7.55. The monoisotopic (exact) mass is 242 g/mol. The highest BCUT2D eigenvalue weighted by molar-refractivity contribution is 5.99. The van der Waals surface area contributed by atoms with Crippen LogP contribution < -0.4 is 0 Å². The molecule has 3 aromatic rings. The summed E-state index contributed by atoms with van der Waals surface area (Å²) < 4.78 is 5.13. The lowest BCUT2D eigenvalue weighted by Gasteiger charge is -2.00. The molecule has 90 valence electrons. The molecule has 2 N–H and O–H groups in total. The number of H-pyrrole nitrogens is 1. The van der Waals surface area contributed by atoms with Crippen LogP contribution in [-0.2, 0) is 0 Å². The molecule has 5 heteroatoms. The van der Waals surface area contributed by atoms with Crippen LogP contribution in [0.4, 0.5) is 0 Å². The fraction of sp³-hybridized carbons (Fsp3) is 0.0769. The highest BCUT2D eigenvalue weighted by Crippen LogP contribution is 2.29. The van der Waals surface area contributed by atoms with Gasteiger partial charge in [0, 0.05) is 24.1 Å². The number of nitrogens with zero attached hydrogens (tertiary/aromatic N) is 1. The van der Waals surface area contributed by atoms with Gasteiger partial charge >= 0.3 is 5.97 Å². The number of nitrogens with one attached hydrogen (secondary N) is 1. The van der Waals surface area contributed by atoms with Crippen LogP contribution in [0.25, 0.3) is 22.2 Å². The van der Waals surface area contributed by atoms with Crippen LogP contribution in [0.1, 0.15) is 16.4 Å². The summed E-state index contributed by atoms with van der Waals surface area (Å²) in [5.41, 5.74) is 1.94. The first kappa shape index (κ1) is 10.6. The van der Waals surface area contributed by atoms with Crippen molar-refractivity contribution in [3.05, 3.63) is 42.1 Å². The summed E-state index contributed by atoms with van der Waals surface area (Å²) in [6.07, 6.45) is 1.81. The van der Waals surface area contributed by atoms with Gasteiger partial charge in [0.1, 0.15) is 5.69 Å². The van der Waals surface area contributed by atoms with Gasteiger partial charge in [0.2, 0.25) is 5.76 Å². The van der Waals surface area contributed by atoms with Crippen LogP contribution in [0.5, 0.6) is 0 Å². The fourth-order valence-electron chi connectivity index (χ4n) is 2.04. The molecule has 18 heavy (non-hydrogen) atoms. The zero-order chi connectivity index (χ0) is 12.7. The summed E-state index contributed by atoms with van der Waals surface area (Å²) in [7, 11) is 0. The molecule has 0 spiro atoms. The molecule has 0 unspecified atom stereocenters. The third kappa shape index (κ3) is 1.48. The lowest BCUT2D eigenvalue weighted by molar-refractivity contribution is 0.0662. The van der Waals surface area contributed by atoms with E-state index >= 15 is 0 Å². The maximum atomic E-state index is 11.1. The number of carbonyl (C=O) groups is 1. The molecule has 0 aliphatic rings. The SMILES string of the molecule is Cc1nc(-c2cccc3cc[nH]c23)c(C(=O)O)o1. The second-order valence-corrected chi connectivity index (χ2v) is 3.96. The van der Waals surface area contributed by atoms with Gasteiger partial charge in [0.15, 0.2) is 5.89 Å². The van der Waals surface area contributed by atoms with Gasteiger partial charge in [-0.25, -0.2) is 9.78 Å². The molecule has 2 heterocycles. The molecule has 0 saturated heterocycles. The summed E-state index contributed by atoms with van der Waals surface area (Å²) in [4.78, 5) is 18.4. The number of fused-ring (bicyclic) bond motifs is 1. The molecule has 0 bridgehead atoms. The molecule has 0 atom stereocenters. The maximum absolute atomic E-state index is 11.1. The number of carboxylic acid groups (broad SMARTS) is 1. The first-order chi connectivity index (χ1) is 8.66. The predicted octanol–water partition coefficient (Wildman–Crippen LogP) is 2.83. The zero-order valence-corrected chi connectivity index (χ0v) is 9.60. The number of oxazole rings is 1. The molecule has 0 aliphatic carbocycles. The van der Waals surface area contributed by atoms with Gasteiger partial charge in [0.25, 0.3) is 0 Å². The highest BCUT2D eigenvalue weighted by atomic mass is 16.4. The second-order valence-electron chi connectivity index (χ2n) is 3.96. The minimum atomic E-state index is -1.12. The van der Waals surface area contributed by atoms with Crippen LogP contribution in [0.15, 0.2) is 34.9 Å². The largest absolute Gasteiger partial charge is 0.475 e. The maximum Gasteiger partial charge on any atom is 0.374 e. The zero-order valence-electron chi connectivity index (χ0n) is 9.60. The van der Waals surface area contributed by atoms with Crippen molar-refractivity contribution < 1.29 is 14.3 Å². The van der Waals surface area contributed by atoms with Gasteiger partial charge < -0.3 is 14.5 Å². The van der Waals surface area contributed by atoms with Gasteiger partial charge in [-0.3, -0.25) is 0 Å². The molecular formula is C13H10N2O3. The Morgan fingerprint density at radius 1 is 1.39 bits per heavy atom. The summed E-state index contributed by atoms with van der Waals surface area (Å²) >= 11 is 0. The number of carboxylic acids is 1. The first-order valence-electron chi connectivity index (χ1n) is 5.44. The van der Waals surface area contributed by atoms with Crippen molar-refractivity contribution in [2.45, 2.75) is 6.92 Å². The smallest absolute Gasteiger partial charge is 0.374 e. The van der Waals surface area contributed by atoms with E-state index in [-0.39, 0.29) is 5.76 Å². The second kappa shape index (κ2) is 3.73. The summed E-state index contributed by atoms with van der Waals surface area (Å²) in [5.74, 6) is -0.908. The van der Waals surface area contributed by atoms with Crippen molar-refractivity contribution in [2.24, 2.45) is 0 Å². The number of aryl methyl sites for hydroxylation is 1. The number of aromatic amines is 1. The van der Waals surface area contributed by atoms with Crippen molar-refractivity contribution in [3.63, 3.8) is 0 Å². The van der Waals surface area contributed by atoms with Gasteiger partial charge in [-0.15, -0.1) is 0 Å². The topological polar surface area (TPSA) is 79.1 Å². The molecule has 0 aliphatic heterocycles. The summed E-state index contributed by atoms with van der Waals surface area (Å²) in [6.45, 7) is 1.63. The number of hydrogen-bond donors (Lipinski definition) is 2. The minimum absolute atomic E-state index is 0.130. The molecular weight excluding hydrogens is 232 g/mol. The average Bonchev–Trinajstić information content (AvgIpc) is 2.94. The van der Waals surface area contributed by atoms with Crippen LogP contribution >= 0.6 is 0 Å². The summed E-state index contributed by atoms with van der Waals surface area (Å²) in [5, 5.41) is 10.1. The van der Waals surface area contributed by atoms with E-state index in [1.54, 1.807) is 6.92 Å². The lowest BCUT2D eigenvalue weighted by Crippen LogP contribution is -1.97. The number of benzene rings is 1.